The summed E-state index contributed by atoms with van der Waals surface area (Å²) in [6.07, 6.45) is 2.63. The maximum Gasteiger partial charge on any atom is 0.324 e. The standard InChI is InChI=1S/C20H21N3O/c1-21-19(17-9-4-3-5-10-17)15-22(2)20(24)23-13-12-16-8-6-7-11-18(16)14-23/h3-11,15H,1,12-14H2,2H3. The highest BCUT2D eigenvalue weighted by Crippen LogP contribution is 2.20. The molecule has 0 N–H and O–H groups in total. The van der Waals surface area contributed by atoms with Crippen LogP contribution in [0.5, 0.6) is 0 Å². The summed E-state index contributed by atoms with van der Waals surface area (Å²) in [5, 5.41) is 0. The van der Waals surface area contributed by atoms with Gasteiger partial charge < -0.3 is 9.80 Å². The molecule has 2 amide bonds. The molecule has 2 aromatic carbocycles. The van der Waals surface area contributed by atoms with Gasteiger partial charge in [0.1, 0.15) is 0 Å². The maximum absolute atomic E-state index is 12.7. The van der Waals surface area contributed by atoms with Crippen LogP contribution < -0.4 is 0 Å². The van der Waals surface area contributed by atoms with E-state index in [1.807, 2.05) is 47.4 Å². The number of fused-ring (bicyclic) bond motifs is 1. The highest BCUT2D eigenvalue weighted by atomic mass is 16.2. The van der Waals surface area contributed by atoms with Crippen LogP contribution in [0.2, 0.25) is 0 Å². The van der Waals surface area contributed by atoms with Gasteiger partial charge in [0, 0.05) is 31.9 Å². The molecular weight excluding hydrogens is 298 g/mol. The summed E-state index contributed by atoms with van der Waals surface area (Å²) in [6.45, 7) is 5.00. The number of urea groups is 1. The third-order valence-corrected chi connectivity index (χ3v) is 4.26. The molecule has 4 nitrogen and oxygen atoms in total. The average molecular weight is 319 g/mol. The van der Waals surface area contributed by atoms with E-state index in [1.54, 1.807) is 18.1 Å². The summed E-state index contributed by atoms with van der Waals surface area (Å²) in [7, 11) is 1.76. The van der Waals surface area contributed by atoms with E-state index in [-0.39, 0.29) is 6.03 Å². The molecule has 0 spiro atoms. The summed E-state index contributed by atoms with van der Waals surface area (Å²) in [5.41, 5.74) is 4.18. The molecule has 0 atom stereocenters. The lowest BCUT2D eigenvalue weighted by Crippen LogP contribution is -2.41. The van der Waals surface area contributed by atoms with Crippen LogP contribution >= 0.6 is 0 Å². The van der Waals surface area contributed by atoms with Crippen molar-refractivity contribution in [2.75, 3.05) is 13.6 Å². The number of carbonyl (C=O) groups is 1. The Morgan fingerprint density at radius 2 is 1.79 bits per heavy atom. The first-order chi connectivity index (χ1) is 11.7. The van der Waals surface area contributed by atoms with Crippen LogP contribution in [0.3, 0.4) is 0 Å². The third-order valence-electron chi connectivity index (χ3n) is 4.26. The first-order valence-corrected chi connectivity index (χ1v) is 8.01. The molecule has 0 radical (unpaired) electrons. The number of hydrogen-bond donors (Lipinski definition) is 0. The van der Waals surface area contributed by atoms with E-state index in [2.05, 4.69) is 23.8 Å². The molecule has 0 aliphatic carbocycles. The van der Waals surface area contributed by atoms with E-state index in [0.29, 0.717) is 12.2 Å². The Morgan fingerprint density at radius 3 is 2.50 bits per heavy atom. The molecule has 0 unspecified atom stereocenters. The van der Waals surface area contributed by atoms with Crippen LogP contribution in [0, 0.1) is 0 Å². The van der Waals surface area contributed by atoms with E-state index < -0.39 is 0 Å². The van der Waals surface area contributed by atoms with Gasteiger partial charge in [-0.05, 0) is 24.3 Å². The zero-order chi connectivity index (χ0) is 16.9. The van der Waals surface area contributed by atoms with Gasteiger partial charge in [-0.15, -0.1) is 0 Å². The number of aliphatic imine (C=N–C) groups is 1. The van der Waals surface area contributed by atoms with Gasteiger partial charge in [-0.25, -0.2) is 4.79 Å². The smallest absolute Gasteiger partial charge is 0.320 e. The molecule has 0 saturated heterocycles. The Bertz CT molecular complexity index is 767. The molecule has 0 bridgehead atoms. The first-order valence-electron chi connectivity index (χ1n) is 8.01. The number of benzene rings is 2. The normalized spacial score (nSPS) is 14.0. The van der Waals surface area contributed by atoms with Crippen LogP contribution in [0.1, 0.15) is 16.7 Å². The quantitative estimate of drug-likeness (QED) is 0.793. The van der Waals surface area contributed by atoms with Gasteiger partial charge in [0.05, 0.1) is 5.70 Å². The number of nitrogens with zero attached hydrogens (tertiary/aromatic N) is 3. The molecule has 122 valence electrons. The van der Waals surface area contributed by atoms with Crippen molar-refractivity contribution in [3.8, 4) is 0 Å². The molecule has 24 heavy (non-hydrogen) atoms. The van der Waals surface area contributed by atoms with Gasteiger partial charge in [-0.3, -0.25) is 4.99 Å². The fraction of sp³-hybridized carbons (Fsp3) is 0.200. The summed E-state index contributed by atoms with van der Waals surface area (Å²) in [5.74, 6) is 0. The Kier molecular flexibility index (Phi) is 4.75. The van der Waals surface area contributed by atoms with E-state index in [9.17, 15) is 4.79 Å². The second kappa shape index (κ2) is 7.13. The fourth-order valence-electron chi connectivity index (χ4n) is 2.94. The van der Waals surface area contributed by atoms with E-state index in [0.717, 1.165) is 18.5 Å². The van der Waals surface area contributed by atoms with Gasteiger partial charge in [-0.1, -0.05) is 54.6 Å². The molecule has 0 saturated carbocycles. The summed E-state index contributed by atoms with van der Waals surface area (Å²) < 4.78 is 0. The molecule has 1 aliphatic heterocycles. The molecular formula is C20H21N3O. The molecule has 0 aromatic heterocycles. The predicted molar refractivity (Wildman–Crippen MR) is 97.7 cm³/mol. The van der Waals surface area contributed by atoms with Crippen molar-refractivity contribution < 1.29 is 4.79 Å². The zero-order valence-electron chi connectivity index (χ0n) is 13.9. The summed E-state index contributed by atoms with van der Waals surface area (Å²) in [4.78, 5) is 20.3. The molecule has 4 heteroatoms. The van der Waals surface area contributed by atoms with Crippen molar-refractivity contribution in [1.82, 2.24) is 9.80 Å². The Balaban J connectivity index is 1.75. The maximum atomic E-state index is 12.7. The number of rotatable bonds is 3. The van der Waals surface area contributed by atoms with Crippen LogP contribution in [0.15, 0.2) is 65.8 Å². The number of hydrogen-bond acceptors (Lipinski definition) is 2. The van der Waals surface area contributed by atoms with Gasteiger partial charge in [0.25, 0.3) is 0 Å². The predicted octanol–water partition coefficient (Wildman–Crippen LogP) is 3.80. The molecule has 3 rings (SSSR count). The van der Waals surface area contributed by atoms with Crippen molar-refractivity contribution >= 4 is 18.4 Å². The summed E-state index contributed by atoms with van der Waals surface area (Å²) in [6, 6.07) is 18.0. The Hall–Kier alpha value is -2.88. The molecule has 1 heterocycles. The van der Waals surface area contributed by atoms with Crippen LogP contribution in [-0.4, -0.2) is 36.1 Å². The van der Waals surface area contributed by atoms with Gasteiger partial charge in [0.15, 0.2) is 0 Å². The van der Waals surface area contributed by atoms with Crippen molar-refractivity contribution in [2.45, 2.75) is 13.0 Å². The zero-order valence-corrected chi connectivity index (χ0v) is 13.9. The molecule has 2 aromatic rings. The first kappa shape index (κ1) is 16.0. The van der Waals surface area contributed by atoms with E-state index >= 15 is 0 Å². The minimum atomic E-state index is -0.0263. The summed E-state index contributed by atoms with van der Waals surface area (Å²) >= 11 is 0. The SMILES string of the molecule is C=NC(=CN(C)C(=O)N1CCc2ccccc2C1)c1ccccc1. The van der Waals surface area contributed by atoms with E-state index in [1.165, 1.54) is 11.1 Å². The molecule has 1 aliphatic rings. The van der Waals surface area contributed by atoms with Crippen molar-refractivity contribution in [3.63, 3.8) is 0 Å². The van der Waals surface area contributed by atoms with Crippen molar-refractivity contribution in [1.29, 1.82) is 0 Å². The monoisotopic (exact) mass is 319 g/mol. The van der Waals surface area contributed by atoms with Crippen molar-refractivity contribution in [3.05, 3.63) is 77.5 Å². The lowest BCUT2D eigenvalue weighted by Gasteiger charge is -2.31. The lowest BCUT2D eigenvalue weighted by atomic mass is 10.0. The third kappa shape index (κ3) is 3.38. The highest BCUT2D eigenvalue weighted by Gasteiger charge is 2.22. The van der Waals surface area contributed by atoms with Crippen LogP contribution in [0.25, 0.3) is 5.70 Å². The van der Waals surface area contributed by atoms with Crippen LogP contribution in [0.4, 0.5) is 4.79 Å². The minimum absolute atomic E-state index is 0.0263. The number of carbonyl (C=O) groups excluding carboxylic acids is 1. The van der Waals surface area contributed by atoms with Gasteiger partial charge in [0.2, 0.25) is 0 Å². The van der Waals surface area contributed by atoms with Gasteiger partial charge >= 0.3 is 6.03 Å². The van der Waals surface area contributed by atoms with Crippen LogP contribution in [-0.2, 0) is 13.0 Å². The number of amides is 2. The topological polar surface area (TPSA) is 35.9 Å². The largest absolute Gasteiger partial charge is 0.324 e. The van der Waals surface area contributed by atoms with E-state index in [4.69, 9.17) is 0 Å². The van der Waals surface area contributed by atoms with Gasteiger partial charge in [-0.2, -0.15) is 0 Å². The lowest BCUT2D eigenvalue weighted by molar-refractivity contribution is 0.171. The molecule has 0 fully saturated rings. The highest BCUT2D eigenvalue weighted by molar-refractivity contribution is 5.78. The Labute approximate surface area is 142 Å². The second-order valence-electron chi connectivity index (χ2n) is 5.87. The second-order valence-corrected chi connectivity index (χ2v) is 5.87. The minimum Gasteiger partial charge on any atom is -0.320 e. The Morgan fingerprint density at radius 1 is 1.12 bits per heavy atom. The average Bonchev–Trinajstić information content (AvgIpc) is 2.65. The van der Waals surface area contributed by atoms with Crippen molar-refractivity contribution in [2.24, 2.45) is 4.99 Å². The fourth-order valence-corrected chi connectivity index (χ4v) is 2.94.